The third kappa shape index (κ3) is 6.46. The Bertz CT molecular complexity index is 2220. The van der Waals surface area contributed by atoms with Crippen LogP contribution in [0.15, 0.2) is 18.2 Å². The molecule has 55 heavy (non-hydrogen) atoms. The van der Waals surface area contributed by atoms with Gasteiger partial charge in [0, 0.05) is 54.9 Å². The number of amides is 1. The second-order valence-corrected chi connectivity index (χ2v) is 15.4. The van der Waals surface area contributed by atoms with Gasteiger partial charge in [-0.1, -0.05) is 13.0 Å². The number of thiophene rings is 1. The highest BCUT2D eigenvalue weighted by atomic mass is 32.1. The summed E-state index contributed by atoms with van der Waals surface area (Å²) in [6.45, 7) is 6.07. The monoisotopic (exact) mass is 795 g/mol. The van der Waals surface area contributed by atoms with Gasteiger partial charge < -0.3 is 20.3 Å². The number of hydrogen-bond acceptors (Lipinski definition) is 9. The third-order valence-electron chi connectivity index (χ3n) is 11.3. The Morgan fingerprint density at radius 3 is 2.56 bits per heavy atom. The van der Waals surface area contributed by atoms with E-state index in [0.29, 0.717) is 43.3 Å². The number of rotatable bonds is 8. The number of nitrogens with two attached hydrogens (primary N) is 1. The van der Waals surface area contributed by atoms with Gasteiger partial charge in [0.05, 0.1) is 38.5 Å². The van der Waals surface area contributed by atoms with Crippen molar-refractivity contribution in [1.29, 1.82) is 5.26 Å². The average Bonchev–Trinajstić information content (AvgIpc) is 3.86. The molecule has 2 aromatic heterocycles. The van der Waals surface area contributed by atoms with Crippen molar-refractivity contribution < 1.29 is 44.7 Å². The largest absolute Gasteiger partial charge is 0.461 e. The second kappa shape index (κ2) is 13.9. The lowest BCUT2D eigenvalue weighted by atomic mass is 9.88. The number of anilines is 2. The lowest BCUT2D eigenvalue weighted by Crippen LogP contribution is -2.46. The number of nitrogen functional groups attached to an aromatic ring is 1. The van der Waals surface area contributed by atoms with Crippen LogP contribution >= 0.6 is 11.3 Å². The fourth-order valence-corrected chi connectivity index (χ4v) is 9.84. The Hall–Kier alpha value is -4.50. The first-order chi connectivity index (χ1) is 25.9. The van der Waals surface area contributed by atoms with Crippen LogP contribution in [0.1, 0.15) is 69.6 Å². The number of ether oxygens (including phenoxy) is 1. The number of likely N-dealkylation sites (N-methyl/N-ethyl adjacent to an activating group) is 1. The number of carbonyl (C=O) groups is 1. The Balaban J connectivity index is 1.54. The van der Waals surface area contributed by atoms with Gasteiger partial charge >= 0.3 is 18.4 Å². The topological polar surface area (TPSA) is 112 Å². The van der Waals surface area contributed by atoms with Gasteiger partial charge in [0.1, 0.15) is 35.5 Å². The van der Waals surface area contributed by atoms with Crippen LogP contribution in [0.4, 0.5) is 45.9 Å². The molecule has 0 spiro atoms. The minimum Gasteiger partial charge on any atom is -0.461 e. The van der Waals surface area contributed by atoms with E-state index in [0.717, 1.165) is 18.6 Å². The summed E-state index contributed by atoms with van der Waals surface area (Å²) < 4.78 is 128. The zero-order valence-corrected chi connectivity index (χ0v) is 30.9. The van der Waals surface area contributed by atoms with E-state index < -0.39 is 92.1 Å². The van der Waals surface area contributed by atoms with E-state index in [-0.39, 0.29) is 54.0 Å². The molecule has 7 rings (SSSR count). The van der Waals surface area contributed by atoms with Crippen molar-refractivity contribution in [2.24, 2.45) is 0 Å². The Morgan fingerprint density at radius 2 is 1.91 bits per heavy atom. The Morgan fingerprint density at radius 1 is 1.16 bits per heavy atom. The first kappa shape index (κ1) is 38.8. The van der Waals surface area contributed by atoms with Crippen molar-refractivity contribution in [3.8, 4) is 23.2 Å². The molecule has 3 fully saturated rings. The maximum atomic E-state index is 15.7. The number of alkyl halides is 7. The fourth-order valence-electron chi connectivity index (χ4n) is 8.89. The normalized spacial score (nSPS) is 23.2. The molecular formula is C37H37F8N7O2S. The number of carbonyl (C=O) groups excluding carboxylic acids is 1. The van der Waals surface area contributed by atoms with Gasteiger partial charge in [-0.15, -0.1) is 11.3 Å². The molecule has 4 atom stereocenters. The van der Waals surface area contributed by atoms with Gasteiger partial charge in [-0.2, -0.15) is 41.6 Å². The van der Waals surface area contributed by atoms with Crippen LogP contribution in [0.25, 0.3) is 32.1 Å². The quantitative estimate of drug-likeness (QED) is 0.177. The number of aromatic nitrogens is 2. The smallest absolute Gasteiger partial charge is 0.419 e. The number of fused-ring (bicyclic) bond motifs is 3. The minimum absolute atomic E-state index is 0.0682. The lowest BCUT2D eigenvalue weighted by molar-refractivity contribution is -0.141. The van der Waals surface area contributed by atoms with E-state index >= 15 is 30.7 Å². The summed E-state index contributed by atoms with van der Waals surface area (Å²) in [7, 11) is 0. The molecule has 3 aliphatic rings. The van der Waals surface area contributed by atoms with Crippen LogP contribution in [-0.2, 0) is 17.1 Å². The number of halogens is 8. The molecule has 18 heteroatoms. The first-order valence-electron chi connectivity index (χ1n) is 18.0. The lowest BCUT2D eigenvalue weighted by Gasteiger charge is -2.35. The number of likely N-dealkylation sites (tertiary alicyclic amines) is 1. The van der Waals surface area contributed by atoms with Crippen LogP contribution < -0.4 is 15.4 Å². The molecule has 4 aromatic rings. The predicted octanol–water partition coefficient (Wildman–Crippen LogP) is 8.32. The van der Waals surface area contributed by atoms with Gasteiger partial charge in [0.25, 0.3) is 0 Å². The van der Waals surface area contributed by atoms with Crippen LogP contribution in [0.5, 0.6) is 6.01 Å². The Labute approximate surface area is 314 Å². The molecule has 3 aliphatic heterocycles. The molecule has 0 bridgehead atoms. The van der Waals surface area contributed by atoms with Gasteiger partial charge in [-0.3, -0.25) is 9.69 Å². The van der Waals surface area contributed by atoms with E-state index in [4.69, 9.17) is 10.5 Å². The summed E-state index contributed by atoms with van der Waals surface area (Å²) >= 11 is 0.531. The average molecular weight is 796 g/mol. The molecule has 2 N–H and O–H groups in total. The highest BCUT2D eigenvalue weighted by molar-refractivity contribution is 7.23. The molecule has 0 radical (unpaired) electrons. The van der Waals surface area contributed by atoms with Crippen LogP contribution in [0.3, 0.4) is 0 Å². The highest BCUT2D eigenvalue weighted by Crippen LogP contribution is 2.52. The number of nitriles is 1. The molecule has 294 valence electrons. The summed E-state index contributed by atoms with van der Waals surface area (Å²) in [5.74, 6) is -1.42. The fraction of sp³-hybridized carbons (Fsp3) is 0.514. The van der Waals surface area contributed by atoms with Gasteiger partial charge in [0.15, 0.2) is 0 Å². The summed E-state index contributed by atoms with van der Waals surface area (Å²) in [4.78, 5) is 26.6. The van der Waals surface area contributed by atoms with E-state index in [2.05, 4.69) is 9.97 Å². The maximum absolute atomic E-state index is 15.7. The summed E-state index contributed by atoms with van der Waals surface area (Å²) in [5.41, 5.74) is -1.81. The number of nitrogens with zero attached hydrogens (tertiary/aromatic N) is 6. The van der Waals surface area contributed by atoms with Crippen LogP contribution in [0.2, 0.25) is 0 Å². The van der Waals surface area contributed by atoms with E-state index in [1.165, 1.54) is 0 Å². The Kier molecular flexibility index (Phi) is 9.80. The van der Waals surface area contributed by atoms with Crippen molar-refractivity contribution >= 4 is 49.1 Å². The number of benzene rings is 2. The molecule has 5 heterocycles. The first-order valence-corrected chi connectivity index (χ1v) is 18.8. The maximum Gasteiger partial charge on any atom is 0.419 e. The predicted molar refractivity (Wildman–Crippen MR) is 191 cm³/mol. The molecule has 0 saturated carbocycles. The zero-order chi connectivity index (χ0) is 39.8. The molecule has 3 saturated heterocycles. The van der Waals surface area contributed by atoms with E-state index in [9.17, 15) is 14.4 Å². The van der Waals surface area contributed by atoms with Gasteiger partial charge in [-0.05, 0) is 57.4 Å². The summed E-state index contributed by atoms with van der Waals surface area (Å²) in [5, 5.41) is 8.53. The minimum atomic E-state index is -5.51. The summed E-state index contributed by atoms with van der Waals surface area (Å²) in [6, 6.07) is 2.15. The van der Waals surface area contributed by atoms with E-state index in [1.54, 1.807) is 36.6 Å². The van der Waals surface area contributed by atoms with Crippen molar-refractivity contribution in [2.45, 2.75) is 89.0 Å². The van der Waals surface area contributed by atoms with Crippen LogP contribution in [0, 0.1) is 17.1 Å². The molecule has 0 unspecified atom stereocenters. The standard InChI is InChI=1S/C37H37F8N7O2S/c1-4-26(53)52-12-9-25(18(52)3)51(5-2)33-21-13-23(36(40,41)42)28(20-7-8-24(39)31-27(20)22(15-46)32(47)55-31)29(37(43,44)45)30(21)48-34(49-33)54-17-35-10-6-11-50(35)16-19(38)14-35/h7-8,13,18-19,25H,4-6,9-12,14,16-17,47H2,1-3H3/t18-,19-,25-,35+/m1/s1. The van der Waals surface area contributed by atoms with Crippen molar-refractivity contribution in [1.82, 2.24) is 19.8 Å². The van der Waals surface area contributed by atoms with Crippen molar-refractivity contribution in [3.63, 3.8) is 0 Å². The number of hydrogen-bond donors (Lipinski definition) is 1. The summed E-state index contributed by atoms with van der Waals surface area (Å²) in [6.07, 6.45) is -10.1. The van der Waals surface area contributed by atoms with Gasteiger partial charge in [-0.25, -0.2) is 8.78 Å². The molecule has 0 aliphatic carbocycles. The van der Waals surface area contributed by atoms with Crippen molar-refractivity contribution in [3.05, 3.63) is 40.7 Å². The molecule has 2 aromatic carbocycles. The zero-order valence-electron chi connectivity index (χ0n) is 30.0. The molecular weight excluding hydrogens is 759 g/mol. The van der Waals surface area contributed by atoms with Gasteiger partial charge in [0.2, 0.25) is 5.91 Å². The second-order valence-electron chi connectivity index (χ2n) is 14.3. The molecule has 9 nitrogen and oxygen atoms in total. The SMILES string of the molecule is CCC(=O)N1CC[C@@H](N(CC)c2nc(OC[C@@]34CCCN3C[C@H](F)C4)nc3c(C(F)(F)F)c(-c4ccc(F)c5sc(N)c(C#N)c45)c(C(F)(F)F)cc23)[C@H]1C. The van der Waals surface area contributed by atoms with E-state index in [1.807, 2.05) is 4.90 Å². The third-order valence-corrected chi connectivity index (χ3v) is 12.3. The highest BCUT2D eigenvalue weighted by Gasteiger charge is 2.50. The van der Waals surface area contributed by atoms with Crippen LogP contribution in [-0.4, -0.2) is 82.3 Å². The van der Waals surface area contributed by atoms with Crippen molar-refractivity contribution in [2.75, 3.05) is 43.4 Å². The molecule has 1 amide bonds.